The topological polar surface area (TPSA) is 56.8 Å². The van der Waals surface area contributed by atoms with Crippen LogP contribution < -0.4 is 19.5 Å². The van der Waals surface area contributed by atoms with Gasteiger partial charge in [-0.05, 0) is 42.7 Å². The van der Waals surface area contributed by atoms with Gasteiger partial charge in [-0.15, -0.1) is 0 Å². The maximum Gasteiger partial charge on any atom is 0.252 e. The SMILES string of the molecule is COc1cc(C(=O)NC2(c3ccc(Cl)cc3)CC2)cc(OC)c1OC. The van der Waals surface area contributed by atoms with Gasteiger partial charge in [-0.1, -0.05) is 23.7 Å². The summed E-state index contributed by atoms with van der Waals surface area (Å²) in [5.41, 5.74) is 1.18. The van der Waals surface area contributed by atoms with E-state index < -0.39 is 0 Å². The van der Waals surface area contributed by atoms with Crippen LogP contribution in [0, 0.1) is 0 Å². The predicted octanol–water partition coefficient (Wildman–Crippen LogP) is 3.78. The summed E-state index contributed by atoms with van der Waals surface area (Å²) in [7, 11) is 4.57. The van der Waals surface area contributed by atoms with E-state index in [1.807, 2.05) is 24.3 Å². The van der Waals surface area contributed by atoms with Gasteiger partial charge in [-0.25, -0.2) is 0 Å². The van der Waals surface area contributed by atoms with E-state index >= 15 is 0 Å². The van der Waals surface area contributed by atoms with Gasteiger partial charge in [-0.2, -0.15) is 0 Å². The second kappa shape index (κ2) is 6.84. The minimum atomic E-state index is -0.331. The molecule has 0 heterocycles. The average molecular weight is 362 g/mol. The number of nitrogens with one attached hydrogen (secondary N) is 1. The van der Waals surface area contributed by atoms with Crippen molar-refractivity contribution in [3.63, 3.8) is 0 Å². The van der Waals surface area contributed by atoms with Crippen LogP contribution in [0.2, 0.25) is 5.02 Å². The lowest BCUT2D eigenvalue weighted by Gasteiger charge is -2.19. The summed E-state index contributed by atoms with van der Waals surface area (Å²) in [4.78, 5) is 12.8. The summed E-state index contributed by atoms with van der Waals surface area (Å²) in [5.74, 6) is 1.17. The second-order valence-corrected chi connectivity index (χ2v) is 6.39. The number of carbonyl (C=O) groups excluding carboxylic acids is 1. The fourth-order valence-corrected chi connectivity index (χ4v) is 3.01. The van der Waals surface area contributed by atoms with Gasteiger partial charge in [0.1, 0.15) is 0 Å². The van der Waals surface area contributed by atoms with Crippen LogP contribution in [0.25, 0.3) is 0 Å². The minimum Gasteiger partial charge on any atom is -0.493 e. The van der Waals surface area contributed by atoms with Crippen molar-refractivity contribution in [3.8, 4) is 17.2 Å². The fourth-order valence-electron chi connectivity index (χ4n) is 2.88. The zero-order valence-corrected chi connectivity index (χ0v) is 15.1. The first-order valence-corrected chi connectivity index (χ1v) is 8.29. The molecule has 6 heteroatoms. The van der Waals surface area contributed by atoms with Gasteiger partial charge < -0.3 is 19.5 Å². The van der Waals surface area contributed by atoms with Gasteiger partial charge in [0, 0.05) is 10.6 Å². The highest BCUT2D eigenvalue weighted by atomic mass is 35.5. The molecule has 1 saturated carbocycles. The second-order valence-electron chi connectivity index (χ2n) is 5.96. The number of ether oxygens (including phenoxy) is 3. The van der Waals surface area contributed by atoms with Crippen molar-refractivity contribution in [3.05, 3.63) is 52.5 Å². The monoisotopic (exact) mass is 361 g/mol. The van der Waals surface area contributed by atoms with E-state index in [2.05, 4.69) is 5.32 Å². The van der Waals surface area contributed by atoms with Crippen LogP contribution in [0.15, 0.2) is 36.4 Å². The molecule has 1 fully saturated rings. The lowest BCUT2D eigenvalue weighted by molar-refractivity contribution is 0.0930. The molecule has 0 aliphatic heterocycles. The Balaban J connectivity index is 1.87. The van der Waals surface area contributed by atoms with Crippen LogP contribution in [0.5, 0.6) is 17.2 Å². The molecule has 2 aromatic rings. The summed E-state index contributed by atoms with van der Waals surface area (Å²) in [6, 6.07) is 10.9. The molecule has 0 bridgehead atoms. The lowest BCUT2D eigenvalue weighted by Crippen LogP contribution is -2.34. The Labute approximate surface area is 151 Å². The highest BCUT2D eigenvalue weighted by molar-refractivity contribution is 6.30. The van der Waals surface area contributed by atoms with Gasteiger partial charge >= 0.3 is 0 Å². The van der Waals surface area contributed by atoms with Gasteiger partial charge in [0.2, 0.25) is 5.75 Å². The molecule has 0 saturated heterocycles. The maximum atomic E-state index is 12.8. The van der Waals surface area contributed by atoms with E-state index in [1.54, 1.807) is 12.1 Å². The zero-order valence-electron chi connectivity index (χ0n) is 14.4. The van der Waals surface area contributed by atoms with Gasteiger partial charge in [-0.3, -0.25) is 4.79 Å². The van der Waals surface area contributed by atoms with Crippen LogP contribution >= 0.6 is 11.6 Å². The molecule has 5 nitrogen and oxygen atoms in total. The first kappa shape index (κ1) is 17.4. The molecule has 1 amide bonds. The normalized spacial score (nSPS) is 14.6. The van der Waals surface area contributed by atoms with E-state index in [-0.39, 0.29) is 11.4 Å². The Morgan fingerprint density at radius 1 is 1.00 bits per heavy atom. The molecular formula is C19H20ClNO4. The van der Waals surface area contributed by atoms with E-state index in [4.69, 9.17) is 25.8 Å². The van der Waals surface area contributed by atoms with Crippen LogP contribution in [-0.4, -0.2) is 27.2 Å². The molecule has 0 radical (unpaired) electrons. The largest absolute Gasteiger partial charge is 0.493 e. The third kappa shape index (κ3) is 3.37. The number of benzene rings is 2. The van der Waals surface area contributed by atoms with Crippen molar-refractivity contribution in [1.29, 1.82) is 0 Å². The Morgan fingerprint density at radius 3 is 2.00 bits per heavy atom. The van der Waals surface area contributed by atoms with Crippen LogP contribution in [-0.2, 0) is 5.54 Å². The maximum absolute atomic E-state index is 12.8. The smallest absolute Gasteiger partial charge is 0.252 e. The summed E-state index contributed by atoms with van der Waals surface area (Å²) in [6.07, 6.45) is 1.79. The first-order chi connectivity index (χ1) is 12.0. The highest BCUT2D eigenvalue weighted by Gasteiger charge is 2.45. The molecule has 0 unspecified atom stereocenters. The van der Waals surface area contributed by atoms with E-state index in [0.29, 0.717) is 27.8 Å². The van der Waals surface area contributed by atoms with Crippen molar-refractivity contribution in [2.75, 3.05) is 21.3 Å². The average Bonchev–Trinajstić information content (AvgIpc) is 3.41. The molecule has 0 spiro atoms. The lowest BCUT2D eigenvalue weighted by atomic mass is 10.0. The molecule has 0 atom stereocenters. The number of amides is 1. The Morgan fingerprint density at radius 2 is 1.56 bits per heavy atom. The van der Waals surface area contributed by atoms with Crippen molar-refractivity contribution in [2.24, 2.45) is 0 Å². The molecule has 132 valence electrons. The summed E-state index contributed by atoms with van der Waals surface area (Å²) >= 11 is 5.95. The number of rotatable bonds is 6. The highest BCUT2D eigenvalue weighted by Crippen LogP contribution is 2.46. The van der Waals surface area contributed by atoms with E-state index in [0.717, 1.165) is 18.4 Å². The fraction of sp³-hybridized carbons (Fsp3) is 0.316. The quantitative estimate of drug-likeness (QED) is 0.850. The molecule has 1 aliphatic carbocycles. The number of halogens is 1. The number of hydrogen-bond donors (Lipinski definition) is 1. The van der Waals surface area contributed by atoms with Crippen LogP contribution in [0.4, 0.5) is 0 Å². The molecule has 1 N–H and O–H groups in total. The standard InChI is InChI=1S/C19H20ClNO4/c1-23-15-10-12(11-16(24-2)17(15)25-3)18(22)21-19(8-9-19)13-4-6-14(20)7-5-13/h4-7,10-11H,8-9H2,1-3H3,(H,21,22). The Bertz CT molecular complexity index is 760. The molecule has 2 aromatic carbocycles. The van der Waals surface area contributed by atoms with E-state index in [1.165, 1.54) is 21.3 Å². The summed E-state index contributed by atoms with van der Waals surface area (Å²) in [5, 5.41) is 3.80. The van der Waals surface area contributed by atoms with Crippen molar-refractivity contribution >= 4 is 17.5 Å². The summed E-state index contributed by atoms with van der Waals surface area (Å²) in [6.45, 7) is 0. The number of hydrogen-bond acceptors (Lipinski definition) is 4. The predicted molar refractivity (Wildman–Crippen MR) is 95.9 cm³/mol. The molecular weight excluding hydrogens is 342 g/mol. The first-order valence-electron chi connectivity index (χ1n) is 7.91. The van der Waals surface area contributed by atoms with E-state index in [9.17, 15) is 4.79 Å². The Kier molecular flexibility index (Phi) is 4.77. The van der Waals surface area contributed by atoms with Crippen LogP contribution in [0.1, 0.15) is 28.8 Å². The molecule has 25 heavy (non-hydrogen) atoms. The van der Waals surface area contributed by atoms with Gasteiger partial charge in [0.25, 0.3) is 5.91 Å². The molecule has 0 aromatic heterocycles. The van der Waals surface area contributed by atoms with Crippen molar-refractivity contribution in [1.82, 2.24) is 5.32 Å². The number of carbonyl (C=O) groups is 1. The third-order valence-electron chi connectivity index (χ3n) is 4.43. The zero-order chi connectivity index (χ0) is 18.0. The molecule has 1 aliphatic rings. The molecule has 3 rings (SSSR count). The number of methoxy groups -OCH3 is 3. The van der Waals surface area contributed by atoms with Crippen LogP contribution in [0.3, 0.4) is 0 Å². The van der Waals surface area contributed by atoms with Gasteiger partial charge in [0.15, 0.2) is 11.5 Å². The minimum absolute atomic E-state index is 0.188. The summed E-state index contributed by atoms with van der Waals surface area (Å²) < 4.78 is 15.9. The van der Waals surface area contributed by atoms with Gasteiger partial charge in [0.05, 0.1) is 26.9 Å². The Hall–Kier alpha value is -2.40. The third-order valence-corrected chi connectivity index (χ3v) is 4.68. The van der Waals surface area contributed by atoms with Crippen molar-refractivity contribution in [2.45, 2.75) is 18.4 Å². The van der Waals surface area contributed by atoms with Crippen molar-refractivity contribution < 1.29 is 19.0 Å².